The first-order valence-corrected chi connectivity index (χ1v) is 10.5. The van der Waals surface area contributed by atoms with Gasteiger partial charge in [-0.3, -0.25) is 29.8 Å². The number of benzene rings is 2. The molecule has 0 amide bonds. The third kappa shape index (κ3) is 5.83. The van der Waals surface area contributed by atoms with Gasteiger partial charge in [0, 0.05) is 24.3 Å². The number of carbonyl (C=O) groups is 2. The van der Waals surface area contributed by atoms with Gasteiger partial charge in [0.25, 0.3) is 21.9 Å². The van der Waals surface area contributed by atoms with Crippen LogP contribution in [0.3, 0.4) is 0 Å². The van der Waals surface area contributed by atoms with E-state index < -0.39 is 20.3 Å². The summed E-state index contributed by atoms with van der Waals surface area (Å²) in [6.45, 7) is -0.231. The van der Waals surface area contributed by atoms with Crippen LogP contribution < -0.4 is 9.47 Å². The summed E-state index contributed by atoms with van der Waals surface area (Å²) in [4.78, 5) is 44.1. The maximum Gasteiger partial charge on any atom is 0.269 e. The maximum absolute atomic E-state index is 11.9. The molecule has 1 heterocycles. The molecule has 33 heavy (non-hydrogen) atoms. The van der Waals surface area contributed by atoms with E-state index in [1.165, 1.54) is 48.5 Å². The number of hydrogen-bond acceptors (Lipinski definition) is 9. The number of nitro benzene ring substituents is 2. The van der Waals surface area contributed by atoms with Crippen LogP contribution in [0.1, 0.15) is 30.5 Å². The van der Waals surface area contributed by atoms with Gasteiger partial charge in [-0.2, -0.15) is 0 Å². The largest absolute Gasteiger partial charge is 0.483 e. The van der Waals surface area contributed by atoms with Crippen molar-refractivity contribution in [3.05, 3.63) is 89.6 Å². The Balaban J connectivity index is 1.87. The second kappa shape index (κ2) is 10.4. The summed E-state index contributed by atoms with van der Waals surface area (Å²) >= 11 is 12.0. The van der Waals surface area contributed by atoms with Crippen LogP contribution in [0, 0.1) is 20.2 Å². The number of carbonyl (C=O) groups excluding carboxylic acids is 2. The number of ether oxygens (including phenoxy) is 2. The Morgan fingerprint density at radius 3 is 1.33 bits per heavy atom. The number of nitro groups is 2. The van der Waals surface area contributed by atoms with Crippen molar-refractivity contribution in [1.82, 2.24) is 0 Å². The van der Waals surface area contributed by atoms with Crippen LogP contribution in [0.2, 0.25) is 0 Å². The van der Waals surface area contributed by atoms with Gasteiger partial charge in [0.05, 0.1) is 9.85 Å². The van der Waals surface area contributed by atoms with Crippen molar-refractivity contribution in [2.75, 3.05) is 0 Å². The Kier molecular flexibility index (Phi) is 7.59. The van der Waals surface area contributed by atoms with Crippen LogP contribution in [0.15, 0.2) is 48.5 Å². The zero-order valence-electron chi connectivity index (χ0n) is 16.4. The zero-order chi connectivity index (χ0) is 24.1. The lowest BCUT2D eigenvalue weighted by molar-refractivity contribution is -0.385. The average Bonchev–Trinajstić information content (AvgIpc) is 3.15. The van der Waals surface area contributed by atoms with Crippen molar-refractivity contribution in [1.29, 1.82) is 0 Å². The minimum absolute atomic E-state index is 0.104. The third-order valence-electron chi connectivity index (χ3n) is 4.24. The van der Waals surface area contributed by atoms with Crippen molar-refractivity contribution >= 4 is 56.4 Å². The van der Waals surface area contributed by atoms with Gasteiger partial charge in [-0.1, -0.05) is 0 Å². The van der Waals surface area contributed by atoms with Crippen LogP contribution in [-0.4, -0.2) is 20.3 Å². The van der Waals surface area contributed by atoms with Crippen LogP contribution in [0.5, 0.6) is 11.5 Å². The SMILES string of the molecule is O=C(Cl)c1sc(C(=O)Cl)c(OCc2ccc([N+](=O)[O-])cc2)c1OCc1ccc([N+](=O)[O-])cc1. The highest BCUT2D eigenvalue weighted by Gasteiger charge is 2.28. The molecule has 13 heteroatoms. The second-order valence-corrected chi connectivity index (χ2v) is 8.10. The molecule has 0 radical (unpaired) electrons. The first-order valence-electron chi connectivity index (χ1n) is 8.96. The van der Waals surface area contributed by atoms with Crippen LogP contribution >= 0.6 is 34.5 Å². The molecule has 3 aromatic rings. The zero-order valence-corrected chi connectivity index (χ0v) is 18.7. The fourth-order valence-electron chi connectivity index (χ4n) is 2.66. The lowest BCUT2D eigenvalue weighted by Crippen LogP contribution is -2.03. The lowest BCUT2D eigenvalue weighted by atomic mass is 10.2. The molecule has 0 saturated heterocycles. The first-order chi connectivity index (χ1) is 15.7. The van der Waals surface area contributed by atoms with E-state index in [-0.39, 0.29) is 45.8 Å². The number of rotatable bonds is 10. The molecule has 0 saturated carbocycles. The maximum atomic E-state index is 11.9. The van der Waals surface area contributed by atoms with Crippen molar-refractivity contribution in [2.45, 2.75) is 13.2 Å². The molecular weight excluding hydrogens is 499 g/mol. The van der Waals surface area contributed by atoms with Gasteiger partial charge >= 0.3 is 0 Å². The predicted octanol–water partition coefficient (Wildman–Crippen LogP) is 5.48. The summed E-state index contributed by atoms with van der Waals surface area (Å²) in [6.07, 6.45) is 0. The minimum Gasteiger partial charge on any atom is -0.483 e. The summed E-state index contributed by atoms with van der Waals surface area (Å²) in [5, 5.41) is 19.8. The molecule has 0 aliphatic rings. The number of nitrogens with zero attached hydrogens (tertiary/aromatic N) is 2. The topological polar surface area (TPSA) is 139 Å². The molecule has 0 unspecified atom stereocenters. The number of halogens is 2. The number of non-ortho nitro benzene ring substituents is 2. The van der Waals surface area contributed by atoms with E-state index in [9.17, 15) is 29.8 Å². The van der Waals surface area contributed by atoms with Gasteiger partial charge in [-0.25, -0.2) is 0 Å². The number of thiophene rings is 1. The van der Waals surface area contributed by atoms with Gasteiger partial charge in [0.15, 0.2) is 11.5 Å². The molecule has 0 spiro atoms. The van der Waals surface area contributed by atoms with Crippen LogP contribution in [0.4, 0.5) is 11.4 Å². The molecule has 0 fully saturated rings. The smallest absolute Gasteiger partial charge is 0.269 e. The highest BCUT2D eigenvalue weighted by molar-refractivity contribution is 7.19. The van der Waals surface area contributed by atoms with E-state index in [0.29, 0.717) is 22.5 Å². The Bertz CT molecular complexity index is 1130. The van der Waals surface area contributed by atoms with Crippen molar-refractivity contribution < 1.29 is 28.9 Å². The van der Waals surface area contributed by atoms with E-state index in [1.807, 2.05) is 0 Å². The highest BCUT2D eigenvalue weighted by atomic mass is 35.5. The van der Waals surface area contributed by atoms with Gasteiger partial charge < -0.3 is 9.47 Å². The lowest BCUT2D eigenvalue weighted by Gasteiger charge is -2.11. The summed E-state index contributed by atoms with van der Waals surface area (Å²) in [5.74, 6) is -0.214. The molecule has 2 aromatic carbocycles. The van der Waals surface area contributed by atoms with E-state index in [0.717, 1.165) is 0 Å². The Morgan fingerprint density at radius 2 is 1.06 bits per heavy atom. The third-order valence-corrected chi connectivity index (χ3v) is 5.99. The summed E-state index contributed by atoms with van der Waals surface area (Å²) in [5.41, 5.74) is 0.876. The summed E-state index contributed by atoms with van der Waals surface area (Å²) in [7, 11) is 0. The monoisotopic (exact) mass is 510 g/mol. The molecule has 0 N–H and O–H groups in total. The van der Waals surface area contributed by atoms with Crippen LogP contribution in [-0.2, 0) is 13.2 Å². The average molecular weight is 511 g/mol. The first kappa shape index (κ1) is 24.1. The molecule has 0 aliphatic heterocycles. The van der Waals surface area contributed by atoms with Gasteiger partial charge in [0.1, 0.15) is 23.0 Å². The Labute approximate surface area is 199 Å². The molecule has 3 rings (SSSR count). The quantitative estimate of drug-likeness (QED) is 0.198. The predicted molar refractivity (Wildman–Crippen MR) is 120 cm³/mol. The molecule has 0 bridgehead atoms. The fourth-order valence-corrected chi connectivity index (χ4v) is 3.92. The van der Waals surface area contributed by atoms with E-state index >= 15 is 0 Å². The Hall–Kier alpha value is -3.54. The molecule has 1 aromatic heterocycles. The molecule has 170 valence electrons. The molecule has 10 nitrogen and oxygen atoms in total. The second-order valence-electron chi connectivity index (χ2n) is 6.39. The molecule has 0 atom stereocenters. The van der Waals surface area contributed by atoms with E-state index in [1.54, 1.807) is 0 Å². The minimum atomic E-state index is -0.900. The summed E-state index contributed by atoms with van der Waals surface area (Å²) < 4.78 is 11.4. The van der Waals surface area contributed by atoms with Gasteiger partial charge in [0.2, 0.25) is 0 Å². The van der Waals surface area contributed by atoms with Crippen LogP contribution in [0.25, 0.3) is 0 Å². The highest BCUT2D eigenvalue weighted by Crippen LogP contribution is 2.44. The Morgan fingerprint density at radius 1 is 0.727 bits per heavy atom. The van der Waals surface area contributed by atoms with Gasteiger partial charge in [-0.05, 0) is 58.6 Å². The van der Waals surface area contributed by atoms with Crippen molar-refractivity contribution in [3.8, 4) is 11.5 Å². The van der Waals surface area contributed by atoms with E-state index in [2.05, 4.69) is 0 Å². The van der Waals surface area contributed by atoms with Gasteiger partial charge in [-0.15, -0.1) is 11.3 Å². The standard InChI is InChI=1S/C20H12Cl2N2O8S/c21-19(25)17-15(31-9-11-1-5-13(6-2-11)23(27)28)16(18(33-17)20(22)26)32-10-12-3-7-14(8-4-12)24(29)30/h1-8H,9-10H2. The molecule has 0 aliphatic carbocycles. The normalized spacial score (nSPS) is 10.5. The van der Waals surface area contributed by atoms with Crippen molar-refractivity contribution in [2.24, 2.45) is 0 Å². The summed E-state index contributed by atoms with van der Waals surface area (Å²) in [6, 6.07) is 11.0. The molecular formula is C20H12Cl2N2O8S. The van der Waals surface area contributed by atoms with Crippen molar-refractivity contribution in [3.63, 3.8) is 0 Å². The fraction of sp³-hybridized carbons (Fsp3) is 0.100. The van der Waals surface area contributed by atoms with E-state index in [4.69, 9.17) is 32.7 Å². The number of hydrogen-bond donors (Lipinski definition) is 0.